The fourth-order valence-electron chi connectivity index (χ4n) is 0.860. The number of nitrogens with zero attached hydrogens (tertiary/aromatic N) is 1. The van der Waals surface area contributed by atoms with Crippen LogP contribution in [-0.2, 0) is 4.74 Å². The van der Waals surface area contributed by atoms with Crippen molar-refractivity contribution in [1.29, 1.82) is 0 Å². The van der Waals surface area contributed by atoms with Gasteiger partial charge >= 0.3 is 5.97 Å². The van der Waals surface area contributed by atoms with Crippen LogP contribution in [0, 0.1) is 0 Å². The average molecular weight is 183 g/mol. The Morgan fingerprint density at radius 3 is 2.77 bits per heavy atom. The molecule has 1 N–H and O–H groups in total. The van der Waals surface area contributed by atoms with Crippen molar-refractivity contribution in [3.63, 3.8) is 0 Å². The van der Waals surface area contributed by atoms with Crippen LogP contribution >= 0.6 is 0 Å². The van der Waals surface area contributed by atoms with Crippen molar-refractivity contribution in [2.24, 2.45) is 0 Å². The molecule has 70 valence electrons. The van der Waals surface area contributed by atoms with Gasteiger partial charge in [0.2, 0.25) is 5.88 Å². The van der Waals surface area contributed by atoms with Crippen molar-refractivity contribution in [2.75, 3.05) is 14.2 Å². The van der Waals surface area contributed by atoms with Gasteiger partial charge in [-0.05, 0) is 0 Å². The van der Waals surface area contributed by atoms with Gasteiger partial charge in [0.25, 0.3) is 0 Å². The molecule has 0 spiro atoms. The average Bonchev–Trinajstić information content (AvgIpc) is 2.16. The molecule has 0 amide bonds. The SMILES string of the molecule is COC(=O)c1cc(O)cnc1OC. The predicted molar refractivity (Wildman–Crippen MR) is 43.8 cm³/mol. The number of carbonyl (C=O) groups excluding carboxylic acids is 1. The van der Waals surface area contributed by atoms with Gasteiger partial charge in [0.15, 0.2) is 0 Å². The zero-order valence-electron chi connectivity index (χ0n) is 7.27. The lowest BCUT2D eigenvalue weighted by Gasteiger charge is -2.04. The molecule has 0 atom stereocenters. The van der Waals surface area contributed by atoms with Gasteiger partial charge < -0.3 is 14.6 Å². The molecule has 1 aromatic heterocycles. The van der Waals surface area contributed by atoms with Crippen LogP contribution in [0.5, 0.6) is 11.6 Å². The first-order chi connectivity index (χ1) is 6.19. The molecule has 0 aliphatic heterocycles. The molecule has 0 bridgehead atoms. The van der Waals surface area contributed by atoms with Crippen molar-refractivity contribution in [3.8, 4) is 11.6 Å². The van der Waals surface area contributed by atoms with Crippen LogP contribution in [0.1, 0.15) is 10.4 Å². The third kappa shape index (κ3) is 1.87. The quantitative estimate of drug-likeness (QED) is 0.679. The number of pyridine rings is 1. The molecule has 0 fully saturated rings. The third-order valence-electron chi connectivity index (χ3n) is 1.44. The molecule has 5 nitrogen and oxygen atoms in total. The van der Waals surface area contributed by atoms with Crippen molar-refractivity contribution in [1.82, 2.24) is 4.98 Å². The Kier molecular flexibility index (Phi) is 2.69. The molecule has 0 aromatic carbocycles. The number of aromatic hydroxyl groups is 1. The molecule has 13 heavy (non-hydrogen) atoms. The molecule has 0 unspecified atom stereocenters. The lowest BCUT2D eigenvalue weighted by atomic mass is 10.2. The number of aromatic nitrogens is 1. The molecule has 5 heteroatoms. The minimum atomic E-state index is -0.597. The molecule has 1 rings (SSSR count). The second kappa shape index (κ2) is 3.75. The standard InChI is InChI=1S/C8H9NO4/c1-12-7-6(8(11)13-2)3-5(10)4-9-7/h3-4,10H,1-2H3. The highest BCUT2D eigenvalue weighted by molar-refractivity contribution is 5.92. The number of rotatable bonds is 2. The van der Waals surface area contributed by atoms with E-state index in [0.717, 1.165) is 0 Å². The summed E-state index contributed by atoms with van der Waals surface area (Å²) in [5.41, 5.74) is 0.102. The Bertz CT molecular complexity index is 324. The molecule has 1 heterocycles. The molecule has 1 aromatic rings. The molecular weight excluding hydrogens is 174 g/mol. The summed E-state index contributed by atoms with van der Waals surface area (Å²) in [5, 5.41) is 9.05. The smallest absolute Gasteiger partial charge is 0.343 e. The van der Waals surface area contributed by atoms with E-state index in [-0.39, 0.29) is 17.2 Å². The zero-order valence-corrected chi connectivity index (χ0v) is 7.27. The predicted octanol–water partition coefficient (Wildman–Crippen LogP) is 0.582. The summed E-state index contributed by atoms with van der Waals surface area (Å²) in [7, 11) is 2.62. The van der Waals surface area contributed by atoms with Gasteiger partial charge in [0.05, 0.1) is 20.4 Å². The molecule has 0 saturated heterocycles. The molecular formula is C8H9NO4. The van der Waals surface area contributed by atoms with Gasteiger partial charge in [-0.25, -0.2) is 9.78 Å². The van der Waals surface area contributed by atoms with Crippen LogP contribution in [0.4, 0.5) is 0 Å². The van der Waals surface area contributed by atoms with Crippen LogP contribution in [0.15, 0.2) is 12.3 Å². The normalized spacial score (nSPS) is 9.38. The largest absolute Gasteiger partial charge is 0.506 e. The first kappa shape index (κ1) is 9.31. The maximum absolute atomic E-state index is 11.1. The molecule has 0 saturated carbocycles. The first-order valence-electron chi connectivity index (χ1n) is 3.50. The van der Waals surface area contributed by atoms with Crippen molar-refractivity contribution < 1.29 is 19.4 Å². The monoisotopic (exact) mass is 183 g/mol. The minimum Gasteiger partial charge on any atom is -0.506 e. The van der Waals surface area contributed by atoms with Crippen LogP contribution in [0.3, 0.4) is 0 Å². The van der Waals surface area contributed by atoms with Gasteiger partial charge in [-0.2, -0.15) is 0 Å². The highest BCUT2D eigenvalue weighted by Crippen LogP contribution is 2.20. The maximum atomic E-state index is 11.1. The lowest BCUT2D eigenvalue weighted by molar-refractivity contribution is 0.0595. The highest BCUT2D eigenvalue weighted by atomic mass is 16.5. The topological polar surface area (TPSA) is 68.7 Å². The Labute approximate surface area is 74.9 Å². The van der Waals surface area contributed by atoms with E-state index in [2.05, 4.69) is 9.72 Å². The van der Waals surface area contributed by atoms with Gasteiger partial charge in [-0.15, -0.1) is 0 Å². The number of ether oxygens (including phenoxy) is 2. The highest BCUT2D eigenvalue weighted by Gasteiger charge is 2.14. The number of hydrogen-bond donors (Lipinski definition) is 1. The number of carbonyl (C=O) groups is 1. The second-order valence-electron chi connectivity index (χ2n) is 2.24. The van der Waals surface area contributed by atoms with Gasteiger partial charge in [-0.3, -0.25) is 0 Å². The fraction of sp³-hybridized carbons (Fsp3) is 0.250. The summed E-state index contributed by atoms with van der Waals surface area (Å²) in [4.78, 5) is 14.8. The number of hydrogen-bond acceptors (Lipinski definition) is 5. The van der Waals surface area contributed by atoms with Crippen molar-refractivity contribution >= 4 is 5.97 Å². The molecule has 0 radical (unpaired) electrons. The van der Waals surface area contributed by atoms with Crippen LogP contribution < -0.4 is 4.74 Å². The Balaban J connectivity index is 3.15. The van der Waals surface area contributed by atoms with E-state index in [1.54, 1.807) is 0 Å². The van der Waals surface area contributed by atoms with Gasteiger partial charge in [0, 0.05) is 6.07 Å². The second-order valence-corrected chi connectivity index (χ2v) is 2.24. The molecule has 0 aliphatic carbocycles. The molecule has 0 aliphatic rings. The van der Waals surface area contributed by atoms with Crippen molar-refractivity contribution in [2.45, 2.75) is 0 Å². The summed E-state index contributed by atoms with van der Waals surface area (Å²) in [6, 6.07) is 1.23. The maximum Gasteiger partial charge on any atom is 0.343 e. The summed E-state index contributed by atoms with van der Waals surface area (Å²) >= 11 is 0. The lowest BCUT2D eigenvalue weighted by Crippen LogP contribution is -2.05. The van der Waals surface area contributed by atoms with Gasteiger partial charge in [0.1, 0.15) is 11.3 Å². The fourth-order valence-corrected chi connectivity index (χ4v) is 0.860. The number of esters is 1. The van der Waals surface area contributed by atoms with E-state index >= 15 is 0 Å². The summed E-state index contributed by atoms with van der Waals surface area (Å²) in [5.74, 6) is -0.578. The van der Waals surface area contributed by atoms with Crippen LogP contribution in [0.2, 0.25) is 0 Å². The first-order valence-corrected chi connectivity index (χ1v) is 3.50. The number of methoxy groups -OCH3 is 2. The van der Waals surface area contributed by atoms with E-state index in [1.165, 1.54) is 26.5 Å². The summed E-state index contributed by atoms with van der Waals surface area (Å²) in [6.07, 6.45) is 1.19. The van der Waals surface area contributed by atoms with Gasteiger partial charge in [-0.1, -0.05) is 0 Å². The van der Waals surface area contributed by atoms with E-state index in [4.69, 9.17) is 9.84 Å². The van der Waals surface area contributed by atoms with Crippen LogP contribution in [-0.4, -0.2) is 30.3 Å². The zero-order chi connectivity index (χ0) is 9.84. The Morgan fingerprint density at radius 2 is 2.23 bits per heavy atom. The Morgan fingerprint density at radius 1 is 1.54 bits per heavy atom. The van der Waals surface area contributed by atoms with E-state index in [1.807, 2.05) is 0 Å². The van der Waals surface area contributed by atoms with Crippen molar-refractivity contribution in [3.05, 3.63) is 17.8 Å². The summed E-state index contributed by atoms with van der Waals surface area (Å²) < 4.78 is 9.26. The summed E-state index contributed by atoms with van der Waals surface area (Å²) in [6.45, 7) is 0. The van der Waals surface area contributed by atoms with E-state index in [9.17, 15) is 4.79 Å². The Hall–Kier alpha value is -1.78. The van der Waals surface area contributed by atoms with E-state index in [0.29, 0.717) is 0 Å². The van der Waals surface area contributed by atoms with Crippen LogP contribution in [0.25, 0.3) is 0 Å². The third-order valence-corrected chi connectivity index (χ3v) is 1.44. The minimum absolute atomic E-state index is 0.102. The van der Waals surface area contributed by atoms with E-state index < -0.39 is 5.97 Å².